The first-order chi connectivity index (χ1) is 11.0. The minimum absolute atomic E-state index is 0.141. The smallest absolute Gasteiger partial charge is 0.244 e. The molecule has 23 heavy (non-hydrogen) atoms. The normalized spacial score (nSPS) is 12.1. The minimum Gasteiger partial charge on any atom is -0.327 e. The van der Waals surface area contributed by atoms with Gasteiger partial charge in [0, 0.05) is 19.3 Å². The van der Waals surface area contributed by atoms with Crippen molar-refractivity contribution in [1.29, 1.82) is 0 Å². The summed E-state index contributed by atoms with van der Waals surface area (Å²) >= 11 is 0. The molecule has 8 heteroatoms. The van der Waals surface area contributed by atoms with Gasteiger partial charge in [0.1, 0.15) is 10.7 Å². The number of rotatable bonds is 6. The molecule has 0 aliphatic heterocycles. The van der Waals surface area contributed by atoms with Crippen molar-refractivity contribution in [3.8, 4) is 0 Å². The van der Waals surface area contributed by atoms with E-state index in [1.54, 1.807) is 4.68 Å². The lowest BCUT2D eigenvalue weighted by molar-refractivity contribution is 0.575. The highest BCUT2D eigenvalue weighted by Crippen LogP contribution is 2.16. The van der Waals surface area contributed by atoms with Gasteiger partial charge >= 0.3 is 0 Å². The van der Waals surface area contributed by atoms with Gasteiger partial charge in [0.2, 0.25) is 10.0 Å². The van der Waals surface area contributed by atoms with Gasteiger partial charge in [-0.2, -0.15) is 5.10 Å². The molecule has 0 bridgehead atoms. The molecular weight excluding hydrogens is 314 g/mol. The van der Waals surface area contributed by atoms with Gasteiger partial charge in [-0.1, -0.05) is 12.1 Å². The Balaban J connectivity index is 1.85. The number of benzene rings is 1. The number of aryl methyl sites for hydroxylation is 2. The third-order valence-corrected chi connectivity index (χ3v) is 5.07. The van der Waals surface area contributed by atoms with Gasteiger partial charge in [0.05, 0.1) is 23.8 Å². The molecular formula is C15H19N5O2S. The summed E-state index contributed by atoms with van der Waals surface area (Å²) < 4.78 is 30.9. The van der Waals surface area contributed by atoms with E-state index in [0.29, 0.717) is 12.4 Å². The Hall–Kier alpha value is -2.19. The Morgan fingerprint density at radius 3 is 2.65 bits per heavy atom. The van der Waals surface area contributed by atoms with Gasteiger partial charge in [0.25, 0.3) is 0 Å². The first kappa shape index (κ1) is 15.7. The molecule has 0 spiro atoms. The Labute approximate surface area is 135 Å². The summed E-state index contributed by atoms with van der Waals surface area (Å²) in [5, 5.41) is 4.00. The maximum atomic E-state index is 12.3. The number of aromatic nitrogens is 4. The van der Waals surface area contributed by atoms with E-state index >= 15 is 0 Å². The Morgan fingerprint density at radius 1 is 1.17 bits per heavy atom. The minimum atomic E-state index is -3.60. The van der Waals surface area contributed by atoms with Crippen molar-refractivity contribution in [2.24, 2.45) is 0 Å². The number of sulfonamides is 1. The van der Waals surface area contributed by atoms with Crippen LogP contribution in [0.5, 0.6) is 0 Å². The quantitative estimate of drug-likeness (QED) is 0.745. The molecule has 3 aromatic rings. The van der Waals surface area contributed by atoms with Crippen LogP contribution in [0.15, 0.2) is 41.6 Å². The predicted octanol–water partition coefficient (Wildman–Crippen LogP) is 1.75. The first-order valence-corrected chi connectivity index (χ1v) is 8.99. The molecule has 2 aromatic heterocycles. The fourth-order valence-electron chi connectivity index (χ4n) is 2.51. The number of fused-ring (bicyclic) bond motifs is 1. The zero-order valence-electron chi connectivity index (χ0n) is 13.1. The third-order valence-electron chi connectivity index (χ3n) is 3.71. The van der Waals surface area contributed by atoms with Crippen LogP contribution < -0.4 is 4.72 Å². The van der Waals surface area contributed by atoms with Crippen molar-refractivity contribution in [1.82, 2.24) is 24.1 Å². The van der Waals surface area contributed by atoms with E-state index in [2.05, 4.69) is 14.8 Å². The highest BCUT2D eigenvalue weighted by molar-refractivity contribution is 7.89. The summed E-state index contributed by atoms with van der Waals surface area (Å²) in [5.74, 6) is 0.695. The molecule has 7 nitrogen and oxygen atoms in total. The number of nitrogens with zero attached hydrogens (tertiary/aromatic N) is 4. The summed E-state index contributed by atoms with van der Waals surface area (Å²) in [6, 6.07) is 7.77. The van der Waals surface area contributed by atoms with Crippen LogP contribution in [0.3, 0.4) is 0 Å². The van der Waals surface area contributed by atoms with Crippen molar-refractivity contribution in [2.45, 2.75) is 38.4 Å². The van der Waals surface area contributed by atoms with Crippen molar-refractivity contribution >= 4 is 21.1 Å². The second-order valence-corrected chi connectivity index (χ2v) is 6.88. The standard InChI is InChI=1S/C15H19N5O2S/c1-3-19-11-12(9-16-19)23(21,22)17-10-15-18-13-7-5-6-8-14(13)20(15)4-2/h5-9,11,17H,3-4,10H2,1-2H3. The molecule has 1 aromatic carbocycles. The molecule has 2 heterocycles. The fraction of sp³-hybridized carbons (Fsp3) is 0.333. The second-order valence-electron chi connectivity index (χ2n) is 5.12. The van der Waals surface area contributed by atoms with Crippen LogP contribution in [0.2, 0.25) is 0 Å². The lowest BCUT2D eigenvalue weighted by atomic mass is 10.3. The second kappa shape index (κ2) is 6.13. The number of nitrogens with one attached hydrogen (secondary N) is 1. The molecule has 0 amide bonds. The third kappa shape index (κ3) is 2.99. The van der Waals surface area contributed by atoms with Gasteiger partial charge in [-0.25, -0.2) is 18.1 Å². The zero-order chi connectivity index (χ0) is 16.4. The summed E-state index contributed by atoms with van der Waals surface area (Å²) in [7, 11) is -3.60. The molecule has 0 saturated heterocycles. The number of hydrogen-bond donors (Lipinski definition) is 1. The van der Waals surface area contributed by atoms with E-state index in [1.807, 2.05) is 42.7 Å². The van der Waals surface area contributed by atoms with Gasteiger partial charge in [0.15, 0.2) is 0 Å². The average Bonchev–Trinajstić information content (AvgIpc) is 3.17. The molecule has 0 aliphatic carbocycles. The van der Waals surface area contributed by atoms with Crippen molar-refractivity contribution in [3.05, 3.63) is 42.5 Å². The van der Waals surface area contributed by atoms with Crippen LogP contribution in [0.1, 0.15) is 19.7 Å². The van der Waals surface area contributed by atoms with Gasteiger partial charge < -0.3 is 4.57 Å². The van der Waals surface area contributed by atoms with E-state index in [1.165, 1.54) is 12.4 Å². The molecule has 0 radical (unpaired) electrons. The van der Waals surface area contributed by atoms with E-state index in [9.17, 15) is 8.42 Å². The van der Waals surface area contributed by atoms with Crippen LogP contribution in [0.4, 0.5) is 0 Å². The SMILES string of the molecule is CCn1cc(S(=O)(=O)NCc2nc3ccccc3n2CC)cn1. The average molecular weight is 333 g/mol. The summed E-state index contributed by atoms with van der Waals surface area (Å²) in [6.07, 6.45) is 2.87. The monoisotopic (exact) mass is 333 g/mol. The molecule has 3 rings (SSSR count). The summed E-state index contributed by atoms with van der Waals surface area (Å²) in [5.41, 5.74) is 1.87. The largest absolute Gasteiger partial charge is 0.327 e. The van der Waals surface area contributed by atoms with Crippen LogP contribution in [-0.2, 0) is 29.7 Å². The number of imidazole rings is 1. The van der Waals surface area contributed by atoms with Gasteiger partial charge in [-0.15, -0.1) is 0 Å². The molecule has 0 unspecified atom stereocenters. The van der Waals surface area contributed by atoms with Crippen molar-refractivity contribution in [3.63, 3.8) is 0 Å². The van der Waals surface area contributed by atoms with Crippen molar-refractivity contribution in [2.75, 3.05) is 0 Å². The van der Waals surface area contributed by atoms with E-state index < -0.39 is 10.0 Å². The molecule has 0 fully saturated rings. The van der Waals surface area contributed by atoms with Gasteiger partial charge in [-0.05, 0) is 26.0 Å². The molecule has 0 atom stereocenters. The summed E-state index contributed by atoms with van der Waals surface area (Å²) in [6.45, 7) is 5.41. The maximum absolute atomic E-state index is 12.3. The lowest BCUT2D eigenvalue weighted by Gasteiger charge is -2.07. The Morgan fingerprint density at radius 2 is 1.96 bits per heavy atom. The molecule has 0 saturated carbocycles. The van der Waals surface area contributed by atoms with E-state index in [4.69, 9.17) is 0 Å². The lowest BCUT2D eigenvalue weighted by Crippen LogP contribution is -2.24. The predicted molar refractivity (Wildman–Crippen MR) is 87.3 cm³/mol. The number of para-hydroxylation sites is 2. The zero-order valence-corrected chi connectivity index (χ0v) is 13.9. The first-order valence-electron chi connectivity index (χ1n) is 7.51. The highest BCUT2D eigenvalue weighted by atomic mass is 32.2. The van der Waals surface area contributed by atoms with E-state index in [-0.39, 0.29) is 11.4 Å². The van der Waals surface area contributed by atoms with Crippen LogP contribution in [-0.4, -0.2) is 27.7 Å². The topological polar surface area (TPSA) is 81.8 Å². The van der Waals surface area contributed by atoms with Gasteiger partial charge in [-0.3, -0.25) is 4.68 Å². The molecule has 122 valence electrons. The highest BCUT2D eigenvalue weighted by Gasteiger charge is 2.18. The fourth-order valence-corrected chi connectivity index (χ4v) is 3.44. The Bertz CT molecular complexity index is 926. The van der Waals surface area contributed by atoms with E-state index in [0.717, 1.165) is 17.6 Å². The summed E-state index contributed by atoms with van der Waals surface area (Å²) in [4.78, 5) is 4.68. The molecule has 1 N–H and O–H groups in total. The van der Waals surface area contributed by atoms with Crippen LogP contribution in [0.25, 0.3) is 11.0 Å². The van der Waals surface area contributed by atoms with Crippen LogP contribution in [0, 0.1) is 0 Å². The van der Waals surface area contributed by atoms with Crippen molar-refractivity contribution < 1.29 is 8.42 Å². The Kier molecular flexibility index (Phi) is 4.18. The number of hydrogen-bond acceptors (Lipinski definition) is 4. The molecule has 0 aliphatic rings. The maximum Gasteiger partial charge on any atom is 0.244 e. The van der Waals surface area contributed by atoms with Crippen LogP contribution >= 0.6 is 0 Å².